The van der Waals surface area contributed by atoms with Crippen molar-refractivity contribution in [1.29, 1.82) is 0 Å². The van der Waals surface area contributed by atoms with Crippen molar-refractivity contribution in [2.75, 3.05) is 0 Å². The number of azo groups is 2. The van der Waals surface area contributed by atoms with Gasteiger partial charge in [0, 0.05) is 28.0 Å². The summed E-state index contributed by atoms with van der Waals surface area (Å²) >= 11 is 0. The van der Waals surface area contributed by atoms with Crippen molar-refractivity contribution < 1.29 is 61.8 Å². The number of rotatable bonds is 10. The van der Waals surface area contributed by atoms with Gasteiger partial charge in [0.25, 0.3) is 40.5 Å². The van der Waals surface area contributed by atoms with Crippen LogP contribution in [0.25, 0.3) is 21.5 Å². The van der Waals surface area contributed by atoms with E-state index in [-0.39, 0.29) is 39.8 Å². The number of carbonyl (C=O) groups is 1. The molecule has 0 radical (unpaired) electrons. The summed E-state index contributed by atoms with van der Waals surface area (Å²) in [5, 5.41) is 26.2. The Morgan fingerprint density at radius 1 is 0.569 bits per heavy atom. The quantitative estimate of drug-likeness (QED) is 0.0846. The Bertz CT molecular complexity index is 2800. The number of nitrogens with zero attached hydrogens (tertiary/aromatic N) is 4. The molecule has 0 saturated carbocycles. The van der Waals surface area contributed by atoms with E-state index in [1.54, 1.807) is 0 Å². The second-order valence-electron chi connectivity index (χ2n) is 10.7. The van der Waals surface area contributed by atoms with Crippen molar-refractivity contribution in [2.24, 2.45) is 20.5 Å². The first-order valence-electron chi connectivity index (χ1n) is 13.8. The topological polar surface area (TPSA) is 304 Å². The van der Waals surface area contributed by atoms with Crippen LogP contribution in [0.4, 0.5) is 22.7 Å². The SMILES string of the molecule is CC(=O)Cc1ccc(S(=O)(=O)O)c2cc(S(=O)(=O)O)c(N=Nc3ccc(N=Nc4ccc(S(=O)(=O)O)cc4)c4ccc(S(=O)(=O)O)cc34)c(O)c12. The Balaban J connectivity index is 1.74. The van der Waals surface area contributed by atoms with Crippen molar-refractivity contribution in [3.63, 3.8) is 0 Å². The van der Waals surface area contributed by atoms with Gasteiger partial charge >= 0.3 is 0 Å². The van der Waals surface area contributed by atoms with Crippen LogP contribution in [0.5, 0.6) is 5.75 Å². The number of ketones is 1. The Hall–Kier alpha value is -5.07. The van der Waals surface area contributed by atoms with E-state index in [9.17, 15) is 61.8 Å². The third-order valence-electron chi connectivity index (χ3n) is 7.16. The van der Waals surface area contributed by atoms with Crippen LogP contribution in [-0.4, -0.2) is 62.8 Å². The first-order valence-corrected chi connectivity index (χ1v) is 19.5. The third kappa shape index (κ3) is 7.97. The molecule has 22 heteroatoms. The van der Waals surface area contributed by atoms with Gasteiger partial charge in [-0.3, -0.25) is 23.0 Å². The molecule has 0 fully saturated rings. The Labute approximate surface area is 288 Å². The lowest BCUT2D eigenvalue weighted by atomic mass is 9.99. The maximum atomic E-state index is 12.5. The molecular weight excluding hydrogens is 757 g/mol. The Morgan fingerprint density at radius 2 is 1.12 bits per heavy atom. The molecule has 0 bridgehead atoms. The molecule has 5 aromatic rings. The molecule has 5 aromatic carbocycles. The number of Topliss-reactive ketones (excluding diaryl/α,β-unsaturated/α-hetero) is 1. The molecule has 0 aliphatic heterocycles. The molecule has 0 unspecified atom stereocenters. The fraction of sp³-hybridized carbons (Fsp3) is 0.0690. The molecule has 51 heavy (non-hydrogen) atoms. The highest BCUT2D eigenvalue weighted by Gasteiger charge is 2.27. The number of fused-ring (bicyclic) bond motifs is 2. The highest BCUT2D eigenvalue weighted by Crippen LogP contribution is 2.45. The number of phenols is 1. The third-order valence-corrected chi connectivity index (χ3v) is 10.7. The molecule has 0 saturated heterocycles. The van der Waals surface area contributed by atoms with Crippen LogP contribution in [0.3, 0.4) is 0 Å². The minimum absolute atomic E-state index is 0.00804. The Morgan fingerprint density at radius 3 is 1.67 bits per heavy atom. The van der Waals surface area contributed by atoms with E-state index in [1.807, 2.05) is 0 Å². The predicted molar refractivity (Wildman–Crippen MR) is 178 cm³/mol. The second kappa shape index (κ2) is 13.2. The van der Waals surface area contributed by atoms with E-state index in [2.05, 4.69) is 20.5 Å². The highest BCUT2D eigenvalue weighted by molar-refractivity contribution is 7.86. The standard InChI is InChI=1S/C29H22N4O14S4/c1-15(34)12-16-2-11-25(50(42,43)44)22-14-26(51(45,46)47)28(29(35)27(16)22)33-32-24-10-9-23(20-8-7-19(13-21(20)24)49(39,40)41)31-30-17-3-5-18(6-4-17)48(36,37)38/h2-11,13-14,35H,12H2,1H3,(H,36,37,38)(H,39,40,41)(H,42,43,44)(H,45,46,47). The fourth-order valence-electron chi connectivity index (χ4n) is 4.97. The summed E-state index contributed by atoms with van der Waals surface area (Å²) in [6.07, 6.45) is -0.388. The van der Waals surface area contributed by atoms with Gasteiger partial charge in [0.05, 0.1) is 26.9 Å². The van der Waals surface area contributed by atoms with Crippen LogP contribution in [0, 0.1) is 0 Å². The van der Waals surface area contributed by atoms with Crippen LogP contribution in [0.15, 0.2) is 113 Å². The smallest absolute Gasteiger partial charge is 0.296 e. The predicted octanol–water partition coefficient (Wildman–Crippen LogP) is 5.65. The van der Waals surface area contributed by atoms with Gasteiger partial charge in [-0.2, -0.15) is 38.8 Å². The number of aromatic hydroxyl groups is 1. The van der Waals surface area contributed by atoms with Gasteiger partial charge < -0.3 is 5.11 Å². The van der Waals surface area contributed by atoms with Crippen molar-refractivity contribution in [3.8, 4) is 5.75 Å². The molecule has 266 valence electrons. The van der Waals surface area contributed by atoms with Gasteiger partial charge in [-0.05, 0) is 73.2 Å². The van der Waals surface area contributed by atoms with Crippen LogP contribution in [0.1, 0.15) is 12.5 Å². The first kappa shape index (κ1) is 37.2. The van der Waals surface area contributed by atoms with E-state index in [0.717, 1.165) is 36.4 Å². The number of benzene rings is 5. The van der Waals surface area contributed by atoms with Crippen molar-refractivity contribution in [3.05, 3.63) is 78.4 Å². The summed E-state index contributed by atoms with van der Waals surface area (Å²) in [5.74, 6) is -1.51. The summed E-state index contributed by atoms with van der Waals surface area (Å²) in [6, 6.07) is 12.9. The molecule has 5 N–H and O–H groups in total. The number of hydrogen-bond acceptors (Lipinski definition) is 14. The lowest BCUT2D eigenvalue weighted by Crippen LogP contribution is -2.05. The number of carbonyl (C=O) groups excluding carboxylic acids is 1. The molecule has 0 spiro atoms. The van der Waals surface area contributed by atoms with Gasteiger partial charge in [0.15, 0.2) is 5.75 Å². The molecule has 0 aliphatic rings. The summed E-state index contributed by atoms with van der Waals surface area (Å²) < 4.78 is 134. The van der Waals surface area contributed by atoms with Gasteiger partial charge in [-0.25, -0.2) is 0 Å². The van der Waals surface area contributed by atoms with Gasteiger partial charge in [-0.1, -0.05) is 12.1 Å². The number of hydrogen-bond donors (Lipinski definition) is 5. The molecule has 0 atom stereocenters. The minimum atomic E-state index is -5.31. The highest BCUT2D eigenvalue weighted by atomic mass is 32.2. The van der Waals surface area contributed by atoms with E-state index in [1.165, 1.54) is 37.3 Å². The average molecular weight is 779 g/mol. The molecule has 0 aromatic heterocycles. The zero-order chi connectivity index (χ0) is 37.7. The monoisotopic (exact) mass is 778 g/mol. The summed E-state index contributed by atoms with van der Waals surface area (Å²) in [5.41, 5.74) is -0.948. The molecule has 0 aliphatic carbocycles. The maximum absolute atomic E-state index is 12.5. The van der Waals surface area contributed by atoms with Gasteiger partial charge in [-0.15, -0.1) is 15.3 Å². The van der Waals surface area contributed by atoms with Crippen LogP contribution in [-0.2, 0) is 51.7 Å². The normalized spacial score (nSPS) is 13.1. The fourth-order valence-corrected chi connectivity index (χ4v) is 7.28. The Kier molecular flexibility index (Phi) is 9.65. The first-order chi connectivity index (χ1) is 23.6. The van der Waals surface area contributed by atoms with E-state index >= 15 is 0 Å². The van der Waals surface area contributed by atoms with Crippen LogP contribution < -0.4 is 0 Å². The second-order valence-corrected chi connectivity index (χ2v) is 16.3. The minimum Gasteiger partial charge on any atom is -0.505 e. The maximum Gasteiger partial charge on any atom is 0.296 e. The van der Waals surface area contributed by atoms with E-state index in [4.69, 9.17) is 0 Å². The van der Waals surface area contributed by atoms with E-state index < -0.39 is 88.0 Å². The van der Waals surface area contributed by atoms with Crippen molar-refractivity contribution >= 4 is 90.6 Å². The average Bonchev–Trinajstić information content (AvgIpc) is 3.01. The molecular formula is C29H22N4O14S4. The molecule has 18 nitrogen and oxygen atoms in total. The summed E-state index contributed by atoms with van der Waals surface area (Å²) in [4.78, 5) is 8.93. The van der Waals surface area contributed by atoms with Crippen molar-refractivity contribution in [1.82, 2.24) is 0 Å². The lowest BCUT2D eigenvalue weighted by molar-refractivity contribution is -0.116. The van der Waals surface area contributed by atoms with Crippen molar-refractivity contribution in [2.45, 2.75) is 32.9 Å². The van der Waals surface area contributed by atoms with Gasteiger partial charge in [0.2, 0.25) is 0 Å². The summed E-state index contributed by atoms with van der Waals surface area (Å²) in [6.45, 7) is 1.18. The molecule has 0 amide bonds. The number of phenolic OH excluding ortho intramolecular Hbond substituents is 1. The summed E-state index contributed by atoms with van der Waals surface area (Å²) in [7, 11) is -19.6. The van der Waals surface area contributed by atoms with Crippen LogP contribution >= 0.6 is 0 Å². The zero-order valence-corrected chi connectivity index (χ0v) is 28.7. The lowest BCUT2D eigenvalue weighted by Gasteiger charge is -2.14. The largest absolute Gasteiger partial charge is 0.505 e. The van der Waals surface area contributed by atoms with Crippen LogP contribution in [0.2, 0.25) is 0 Å². The molecule has 5 rings (SSSR count). The van der Waals surface area contributed by atoms with Gasteiger partial charge in [0.1, 0.15) is 21.3 Å². The van der Waals surface area contributed by atoms with E-state index in [0.29, 0.717) is 6.07 Å². The zero-order valence-electron chi connectivity index (χ0n) is 25.5. The molecule has 0 heterocycles.